The minimum absolute atomic E-state index is 0.0464. The van der Waals surface area contributed by atoms with Gasteiger partial charge in [-0.1, -0.05) is 31.5 Å². The van der Waals surface area contributed by atoms with Crippen LogP contribution < -0.4 is 21.0 Å². The lowest BCUT2D eigenvalue weighted by Crippen LogP contribution is -2.48. The van der Waals surface area contributed by atoms with Gasteiger partial charge in [-0.3, -0.25) is 4.79 Å². The van der Waals surface area contributed by atoms with Gasteiger partial charge in [-0.25, -0.2) is 9.59 Å². The quantitative estimate of drug-likeness (QED) is 0.695. The van der Waals surface area contributed by atoms with E-state index in [0.717, 1.165) is 0 Å². The van der Waals surface area contributed by atoms with Crippen molar-refractivity contribution in [3.63, 3.8) is 0 Å². The van der Waals surface area contributed by atoms with E-state index in [2.05, 4.69) is 10.6 Å². The largest absolute Gasteiger partial charge is 0.464 e. The standard InChI is InChI=1S/C21H27ClN2O6/c1-7-28-19-15(22)13-9-8-12(10-14(13)18(26)29-19)23-17(25)16(11(2)3)24-20(27)30-21(4,5)6/h8-11,16H,7H2,1-6H3,(H,23,25)(H,24,27)/t16-/m0/s1. The van der Waals surface area contributed by atoms with Crippen molar-refractivity contribution in [2.24, 2.45) is 5.92 Å². The number of carbonyl (C=O) groups is 2. The Bertz CT molecular complexity index is 993. The number of ether oxygens (including phenoxy) is 2. The van der Waals surface area contributed by atoms with Crippen molar-refractivity contribution >= 4 is 40.1 Å². The van der Waals surface area contributed by atoms with Crippen LogP contribution in [0.3, 0.4) is 0 Å². The van der Waals surface area contributed by atoms with Crippen molar-refractivity contribution in [2.45, 2.75) is 53.2 Å². The molecule has 1 heterocycles. The maximum Gasteiger partial charge on any atom is 0.408 e. The highest BCUT2D eigenvalue weighted by Crippen LogP contribution is 2.31. The van der Waals surface area contributed by atoms with Gasteiger partial charge in [0, 0.05) is 11.1 Å². The monoisotopic (exact) mass is 438 g/mol. The molecule has 164 valence electrons. The van der Waals surface area contributed by atoms with Crippen molar-refractivity contribution in [1.82, 2.24) is 5.32 Å². The summed E-state index contributed by atoms with van der Waals surface area (Å²) in [5.41, 5.74) is -0.966. The molecule has 1 aromatic carbocycles. The second kappa shape index (κ2) is 9.38. The highest BCUT2D eigenvalue weighted by molar-refractivity contribution is 6.36. The molecule has 0 unspecified atom stereocenters. The van der Waals surface area contributed by atoms with Crippen molar-refractivity contribution in [2.75, 3.05) is 11.9 Å². The predicted molar refractivity (Wildman–Crippen MR) is 115 cm³/mol. The molecule has 2 aromatic rings. The van der Waals surface area contributed by atoms with Gasteiger partial charge in [-0.15, -0.1) is 0 Å². The van der Waals surface area contributed by atoms with Crippen LogP contribution in [0, 0.1) is 5.92 Å². The summed E-state index contributed by atoms with van der Waals surface area (Å²) in [6, 6.07) is 3.83. The summed E-state index contributed by atoms with van der Waals surface area (Å²) < 4.78 is 15.6. The van der Waals surface area contributed by atoms with E-state index in [4.69, 9.17) is 25.5 Å². The molecule has 2 amide bonds. The van der Waals surface area contributed by atoms with Gasteiger partial charge in [0.1, 0.15) is 16.7 Å². The number of anilines is 1. The first-order valence-corrected chi connectivity index (χ1v) is 10.00. The topological polar surface area (TPSA) is 107 Å². The van der Waals surface area contributed by atoms with Crippen molar-refractivity contribution in [3.8, 4) is 5.95 Å². The summed E-state index contributed by atoms with van der Waals surface area (Å²) in [6.45, 7) is 10.8. The van der Waals surface area contributed by atoms with Gasteiger partial charge in [-0.2, -0.15) is 0 Å². The fourth-order valence-electron chi connectivity index (χ4n) is 2.69. The first-order chi connectivity index (χ1) is 13.9. The van der Waals surface area contributed by atoms with Crippen LogP contribution in [0.1, 0.15) is 41.5 Å². The second-order valence-corrected chi connectivity index (χ2v) is 8.42. The molecule has 1 aromatic heterocycles. The Labute approximate surface area is 179 Å². The van der Waals surface area contributed by atoms with E-state index in [1.807, 2.05) is 0 Å². The first kappa shape index (κ1) is 23.5. The highest BCUT2D eigenvalue weighted by Gasteiger charge is 2.27. The van der Waals surface area contributed by atoms with Crippen LogP contribution in [0.25, 0.3) is 10.8 Å². The minimum atomic E-state index is -0.837. The van der Waals surface area contributed by atoms with Crippen LogP contribution in [-0.4, -0.2) is 30.3 Å². The number of rotatable bonds is 6. The summed E-state index contributed by atoms with van der Waals surface area (Å²) in [7, 11) is 0. The molecule has 0 saturated heterocycles. The third-order valence-corrected chi connectivity index (χ3v) is 4.36. The average molecular weight is 439 g/mol. The molecular formula is C21H27ClN2O6. The molecule has 2 N–H and O–H groups in total. The van der Waals surface area contributed by atoms with E-state index in [-0.39, 0.29) is 22.3 Å². The maximum absolute atomic E-state index is 12.8. The lowest BCUT2D eigenvalue weighted by Gasteiger charge is -2.25. The van der Waals surface area contributed by atoms with Crippen LogP contribution in [0.5, 0.6) is 5.95 Å². The number of carbonyl (C=O) groups excluding carboxylic acids is 2. The molecule has 0 aliphatic rings. The Morgan fingerprint density at radius 3 is 2.43 bits per heavy atom. The van der Waals surface area contributed by atoms with Crippen molar-refractivity contribution in [3.05, 3.63) is 33.6 Å². The second-order valence-electron chi connectivity index (χ2n) is 8.04. The van der Waals surface area contributed by atoms with E-state index in [1.54, 1.807) is 53.7 Å². The number of halogens is 1. The van der Waals surface area contributed by atoms with Crippen molar-refractivity contribution in [1.29, 1.82) is 0 Å². The summed E-state index contributed by atoms with van der Waals surface area (Å²) in [4.78, 5) is 37.1. The van der Waals surface area contributed by atoms with Crippen LogP contribution in [0.15, 0.2) is 27.4 Å². The predicted octanol–water partition coefficient (Wildman–Crippen LogP) is 4.33. The maximum atomic E-state index is 12.8. The Kier molecular flexibility index (Phi) is 7.36. The van der Waals surface area contributed by atoms with Crippen LogP contribution >= 0.6 is 11.6 Å². The van der Waals surface area contributed by atoms with E-state index in [0.29, 0.717) is 17.7 Å². The first-order valence-electron chi connectivity index (χ1n) is 9.62. The Hall–Kier alpha value is -2.74. The molecule has 0 aliphatic heterocycles. The zero-order valence-electron chi connectivity index (χ0n) is 17.9. The third-order valence-electron chi connectivity index (χ3n) is 4.00. The zero-order chi connectivity index (χ0) is 22.6. The van der Waals surface area contributed by atoms with Gasteiger partial charge in [0.25, 0.3) is 0 Å². The van der Waals surface area contributed by atoms with Gasteiger partial charge in [-0.05, 0) is 45.7 Å². The summed E-state index contributed by atoms with van der Waals surface area (Å²) >= 11 is 6.25. The molecule has 0 fully saturated rings. The van der Waals surface area contributed by atoms with Crippen LogP contribution in [0.4, 0.5) is 10.5 Å². The fraction of sp³-hybridized carbons (Fsp3) is 0.476. The summed E-state index contributed by atoms with van der Waals surface area (Å²) in [5.74, 6) is -0.697. The number of amides is 2. The third kappa shape index (κ3) is 5.89. The normalized spacial score (nSPS) is 12.5. The van der Waals surface area contributed by atoms with Crippen LogP contribution in [0.2, 0.25) is 5.02 Å². The lowest BCUT2D eigenvalue weighted by molar-refractivity contribution is -0.119. The molecule has 30 heavy (non-hydrogen) atoms. The molecule has 0 saturated carbocycles. The lowest BCUT2D eigenvalue weighted by atomic mass is 10.0. The van der Waals surface area contributed by atoms with Crippen molar-refractivity contribution < 1.29 is 23.5 Å². The molecule has 0 bridgehead atoms. The number of nitrogens with one attached hydrogen (secondary N) is 2. The Morgan fingerprint density at radius 2 is 1.87 bits per heavy atom. The van der Waals surface area contributed by atoms with E-state index in [9.17, 15) is 14.4 Å². The average Bonchev–Trinajstić information content (AvgIpc) is 2.62. The van der Waals surface area contributed by atoms with Gasteiger partial charge >= 0.3 is 17.7 Å². The highest BCUT2D eigenvalue weighted by atomic mass is 35.5. The van der Waals surface area contributed by atoms with Crippen LogP contribution in [-0.2, 0) is 9.53 Å². The molecule has 1 atom stereocenters. The SMILES string of the molecule is CCOc1oc(=O)c2cc(NC(=O)[C@@H](NC(=O)OC(C)(C)C)C(C)C)ccc2c1Cl. The summed E-state index contributed by atoms with van der Waals surface area (Å²) in [6.07, 6.45) is -0.689. The van der Waals surface area contributed by atoms with Gasteiger partial charge in [0.05, 0.1) is 12.0 Å². The number of hydrogen-bond donors (Lipinski definition) is 2. The fourth-order valence-corrected chi connectivity index (χ4v) is 2.95. The number of hydrogen-bond acceptors (Lipinski definition) is 6. The molecule has 9 heteroatoms. The molecular weight excluding hydrogens is 412 g/mol. The molecule has 0 radical (unpaired) electrons. The van der Waals surface area contributed by atoms with E-state index >= 15 is 0 Å². The van der Waals surface area contributed by atoms with E-state index in [1.165, 1.54) is 6.07 Å². The van der Waals surface area contributed by atoms with Gasteiger partial charge in [0.2, 0.25) is 5.91 Å². The van der Waals surface area contributed by atoms with Gasteiger partial charge in [0.15, 0.2) is 0 Å². The van der Waals surface area contributed by atoms with Gasteiger partial charge < -0.3 is 24.5 Å². The molecule has 0 aliphatic carbocycles. The Morgan fingerprint density at radius 1 is 1.20 bits per heavy atom. The molecule has 2 rings (SSSR count). The number of fused-ring (bicyclic) bond motifs is 1. The Balaban J connectivity index is 2.25. The van der Waals surface area contributed by atoms with E-state index < -0.39 is 29.3 Å². The summed E-state index contributed by atoms with van der Waals surface area (Å²) in [5, 5.41) is 6.11. The number of alkyl carbamates (subject to hydrolysis) is 1. The zero-order valence-corrected chi connectivity index (χ0v) is 18.7. The molecule has 0 spiro atoms. The molecule has 8 nitrogen and oxygen atoms in total. The smallest absolute Gasteiger partial charge is 0.408 e. The minimum Gasteiger partial charge on any atom is -0.464 e. The number of benzene rings is 1.